The van der Waals surface area contributed by atoms with Crippen molar-refractivity contribution in [2.24, 2.45) is 0 Å². The van der Waals surface area contributed by atoms with Crippen molar-refractivity contribution in [2.45, 2.75) is 103 Å². The average Bonchev–Trinajstić information content (AvgIpc) is 3.15. The molecule has 4 rings (SSSR count). The quantitative estimate of drug-likeness (QED) is 0.0927. The van der Waals surface area contributed by atoms with Crippen LogP contribution in [0.2, 0.25) is 0 Å². The Labute approximate surface area is 329 Å². The summed E-state index contributed by atoms with van der Waals surface area (Å²) in [6.07, 6.45) is 11.0. The molecule has 0 radical (unpaired) electrons. The third-order valence-corrected chi connectivity index (χ3v) is 7.76. The van der Waals surface area contributed by atoms with E-state index in [0.717, 1.165) is 51.4 Å². The van der Waals surface area contributed by atoms with E-state index in [9.17, 15) is 39.6 Å². The molecule has 53 heavy (non-hydrogen) atoms. The molecule has 282 valence electrons. The Kier molecular flexibility index (Phi) is 30.4. The number of hydrogen-bond acceptors (Lipinski definition) is 8. The zero-order valence-electron chi connectivity index (χ0n) is 30.5. The van der Waals surface area contributed by atoms with Crippen LogP contribution in [0.3, 0.4) is 0 Å². The maximum absolute atomic E-state index is 10.1. The molecule has 9 heteroatoms. The fraction of sp³-hybridized carbons (Fsp3) is 0.364. The Bertz CT molecular complexity index is 1250. The maximum Gasteiger partial charge on any atom is 4.00 e. The Morgan fingerprint density at radius 2 is 0.472 bits per heavy atom. The van der Waals surface area contributed by atoms with Gasteiger partial charge in [-0.1, -0.05) is 121 Å². The predicted molar refractivity (Wildman–Crippen MR) is 196 cm³/mol. The molecular weight excluding hydrogens is 752 g/mol. The summed E-state index contributed by atoms with van der Waals surface area (Å²) < 4.78 is 0. The summed E-state index contributed by atoms with van der Waals surface area (Å²) in [4.78, 5) is 40.4. The van der Waals surface area contributed by atoms with Gasteiger partial charge in [0.05, 0.1) is 0 Å². The second-order valence-electron chi connectivity index (χ2n) is 12.3. The fourth-order valence-corrected chi connectivity index (χ4v) is 4.97. The zero-order chi connectivity index (χ0) is 38.1. The van der Waals surface area contributed by atoms with Crippen molar-refractivity contribution in [1.82, 2.24) is 0 Å². The minimum Gasteiger partial charge on any atom is -0.550 e. The van der Waals surface area contributed by atoms with Crippen molar-refractivity contribution in [1.29, 1.82) is 0 Å². The molecule has 4 aromatic rings. The predicted octanol–water partition coefficient (Wildman–Crippen LogP) is 4.59. The minimum atomic E-state index is -0.951. The van der Waals surface area contributed by atoms with E-state index < -0.39 is 23.9 Å². The smallest absolute Gasteiger partial charge is 0.550 e. The van der Waals surface area contributed by atoms with Gasteiger partial charge < -0.3 is 39.6 Å². The Balaban J connectivity index is 0.000000676. The van der Waals surface area contributed by atoms with Gasteiger partial charge in [0.2, 0.25) is 0 Å². The molecule has 0 aliphatic rings. The van der Waals surface area contributed by atoms with Gasteiger partial charge >= 0.3 is 21.1 Å². The molecule has 0 bridgehead atoms. The van der Waals surface area contributed by atoms with Gasteiger partial charge in [0.25, 0.3) is 0 Å². The molecule has 0 unspecified atom stereocenters. The molecule has 0 N–H and O–H groups in total. The third kappa shape index (κ3) is 31.9. The number of aliphatic carboxylic acids is 4. The molecule has 8 nitrogen and oxygen atoms in total. The van der Waals surface area contributed by atoms with Gasteiger partial charge in [-0.05, 0) is 125 Å². The van der Waals surface area contributed by atoms with Gasteiger partial charge in [-0.3, -0.25) is 0 Å². The van der Waals surface area contributed by atoms with Crippen LogP contribution in [0.4, 0.5) is 0 Å². The number of carboxylic acid groups (broad SMARTS) is 4. The van der Waals surface area contributed by atoms with E-state index in [2.05, 4.69) is 48.5 Å². The summed E-state index contributed by atoms with van der Waals surface area (Å²) in [7, 11) is 0. The van der Waals surface area contributed by atoms with Gasteiger partial charge in [-0.2, -0.15) is 0 Å². The van der Waals surface area contributed by atoms with Gasteiger partial charge in [0.15, 0.2) is 0 Å². The fourth-order valence-electron chi connectivity index (χ4n) is 4.97. The van der Waals surface area contributed by atoms with E-state index in [1.165, 1.54) is 22.3 Å². The van der Waals surface area contributed by atoms with E-state index >= 15 is 0 Å². The van der Waals surface area contributed by atoms with Crippen molar-refractivity contribution in [3.8, 4) is 0 Å². The van der Waals surface area contributed by atoms with Crippen LogP contribution in [0, 0.1) is 0 Å². The Hall–Kier alpha value is -4.55. The number of benzene rings is 4. The first kappa shape index (κ1) is 48.4. The molecule has 0 spiro atoms. The van der Waals surface area contributed by atoms with Crippen LogP contribution in [0.25, 0.3) is 0 Å². The van der Waals surface area contributed by atoms with Crippen molar-refractivity contribution < 1.29 is 60.7 Å². The summed E-state index contributed by atoms with van der Waals surface area (Å²) in [6, 6.07) is 40.3. The van der Waals surface area contributed by atoms with Crippen LogP contribution in [0.5, 0.6) is 0 Å². The number of aryl methyl sites for hydroxylation is 4. The molecular formula is C44H52MoO8. The second kappa shape index (κ2) is 33.3. The van der Waals surface area contributed by atoms with Gasteiger partial charge in [0.1, 0.15) is 0 Å². The number of carbonyl (C=O) groups is 4. The Morgan fingerprint density at radius 3 is 0.623 bits per heavy atom. The third-order valence-electron chi connectivity index (χ3n) is 7.76. The number of rotatable bonds is 20. The summed E-state index contributed by atoms with van der Waals surface area (Å²) >= 11 is 0. The van der Waals surface area contributed by atoms with Crippen LogP contribution in [-0.2, 0) is 65.9 Å². The molecule has 0 saturated heterocycles. The summed E-state index contributed by atoms with van der Waals surface area (Å²) in [6.45, 7) is 0. The van der Waals surface area contributed by atoms with Gasteiger partial charge in [-0.15, -0.1) is 0 Å². The Morgan fingerprint density at radius 1 is 0.302 bits per heavy atom. The molecule has 0 heterocycles. The molecule has 0 aliphatic carbocycles. The normalized spacial score (nSPS) is 9.66. The van der Waals surface area contributed by atoms with Gasteiger partial charge in [0, 0.05) is 23.9 Å². The first-order chi connectivity index (χ1) is 25.2. The second-order valence-corrected chi connectivity index (χ2v) is 12.3. The minimum absolute atomic E-state index is 0. The van der Waals surface area contributed by atoms with E-state index in [0.29, 0.717) is 25.7 Å². The molecule has 0 fully saturated rings. The molecule has 4 aromatic carbocycles. The van der Waals surface area contributed by atoms with Crippen LogP contribution < -0.4 is 20.4 Å². The van der Waals surface area contributed by atoms with Crippen molar-refractivity contribution in [2.75, 3.05) is 0 Å². The van der Waals surface area contributed by atoms with E-state index in [1.807, 2.05) is 72.8 Å². The number of hydrogen-bond donors (Lipinski definition) is 0. The summed E-state index contributed by atoms with van der Waals surface area (Å²) in [5.74, 6) is -3.80. The molecule has 0 amide bonds. The van der Waals surface area contributed by atoms with Crippen molar-refractivity contribution in [3.05, 3.63) is 144 Å². The first-order valence-corrected chi connectivity index (χ1v) is 18.1. The zero-order valence-corrected chi connectivity index (χ0v) is 32.5. The van der Waals surface area contributed by atoms with Crippen LogP contribution in [0.1, 0.15) is 99.3 Å². The maximum atomic E-state index is 10.1. The van der Waals surface area contributed by atoms with E-state index in [4.69, 9.17) is 0 Å². The standard InChI is InChI=1S/4C11H14O2.Mo/c4*12-11(13)9-5-4-8-10-6-2-1-3-7-10;/h4*1-3,6-7H,4-5,8-9H2,(H,12,13);/q;;;;+4/p-4. The topological polar surface area (TPSA) is 161 Å². The SMILES string of the molecule is O=C([O-])CCCCc1ccccc1.O=C([O-])CCCCc1ccccc1.O=C([O-])CCCCc1ccccc1.O=C([O-])CCCCc1ccccc1.[Mo+4]. The molecule has 0 saturated carbocycles. The monoisotopic (exact) mass is 806 g/mol. The van der Waals surface area contributed by atoms with Crippen molar-refractivity contribution >= 4 is 23.9 Å². The molecule has 0 aromatic heterocycles. The molecule has 0 aliphatic heterocycles. The first-order valence-electron chi connectivity index (χ1n) is 18.1. The number of unbranched alkanes of at least 4 members (excludes halogenated alkanes) is 4. The van der Waals surface area contributed by atoms with Crippen molar-refractivity contribution in [3.63, 3.8) is 0 Å². The van der Waals surface area contributed by atoms with Crippen LogP contribution >= 0.6 is 0 Å². The van der Waals surface area contributed by atoms with Crippen LogP contribution in [-0.4, -0.2) is 23.9 Å². The average molecular weight is 805 g/mol. The summed E-state index contributed by atoms with van der Waals surface area (Å²) in [5, 5.41) is 40.4. The number of carbonyl (C=O) groups excluding carboxylic acids is 4. The van der Waals surface area contributed by atoms with E-state index in [1.54, 1.807) is 0 Å². The summed E-state index contributed by atoms with van der Waals surface area (Å²) in [5.41, 5.74) is 5.06. The largest absolute Gasteiger partial charge is 4.00 e. The van der Waals surface area contributed by atoms with Gasteiger partial charge in [-0.25, -0.2) is 0 Å². The number of carboxylic acids is 4. The van der Waals surface area contributed by atoms with Crippen LogP contribution in [0.15, 0.2) is 121 Å². The molecule has 0 atom stereocenters. The van der Waals surface area contributed by atoms with E-state index in [-0.39, 0.29) is 46.7 Å².